The molecule has 0 aliphatic heterocycles. The number of aryl methyl sites for hydroxylation is 1. The van der Waals surface area contributed by atoms with Crippen molar-refractivity contribution in [3.05, 3.63) is 35.2 Å². The summed E-state index contributed by atoms with van der Waals surface area (Å²) in [5, 5.41) is 7.00. The van der Waals surface area contributed by atoms with Crippen LogP contribution in [0.5, 0.6) is 0 Å². The number of hydrogen-bond donors (Lipinski definition) is 2. The Morgan fingerprint density at radius 3 is 2.28 bits per heavy atom. The van der Waals surface area contributed by atoms with E-state index in [0.29, 0.717) is 0 Å². The van der Waals surface area contributed by atoms with E-state index in [-0.39, 0.29) is 17.2 Å². The first-order valence-corrected chi connectivity index (χ1v) is 10.5. The van der Waals surface area contributed by atoms with Gasteiger partial charge in [0, 0.05) is 30.1 Å². The fourth-order valence-electron chi connectivity index (χ4n) is 3.35. The van der Waals surface area contributed by atoms with Gasteiger partial charge in [-0.15, -0.1) is 0 Å². The first-order valence-electron chi connectivity index (χ1n) is 10.5. The Bertz CT molecular complexity index is 609. The van der Waals surface area contributed by atoms with Gasteiger partial charge in [-0.1, -0.05) is 39.7 Å². The van der Waals surface area contributed by atoms with Gasteiger partial charge in [-0.25, -0.2) is 0 Å². The zero-order chi connectivity index (χ0) is 23.3. The molecule has 1 aliphatic rings. The molecule has 168 valence electrons. The zero-order valence-electron chi connectivity index (χ0n) is 20.1. The van der Waals surface area contributed by atoms with Gasteiger partial charge < -0.3 is 20.4 Å². The van der Waals surface area contributed by atoms with Crippen molar-refractivity contribution in [2.24, 2.45) is 5.73 Å². The lowest BCUT2D eigenvalue weighted by atomic mass is 9.75. The average Bonchev–Trinajstić information content (AvgIpc) is 2.64. The molecule has 1 aliphatic carbocycles. The van der Waals surface area contributed by atoms with Crippen molar-refractivity contribution in [1.29, 1.82) is 0 Å². The van der Waals surface area contributed by atoms with Gasteiger partial charge in [0.2, 0.25) is 0 Å². The number of nitrogens with two attached hydrogens (primary N) is 1. The average molecular weight is 409 g/mol. The van der Waals surface area contributed by atoms with Crippen LogP contribution in [0.1, 0.15) is 91.0 Å². The number of carbonyl (C=O) groups is 1. The topological polar surface area (TPSA) is 85.4 Å². The number of hydrogen-bond acceptors (Lipinski definition) is 5. The van der Waals surface area contributed by atoms with Gasteiger partial charge in [0.05, 0.1) is 11.7 Å². The number of rotatable bonds is 5. The van der Waals surface area contributed by atoms with Crippen molar-refractivity contribution in [2.75, 3.05) is 7.11 Å². The van der Waals surface area contributed by atoms with E-state index in [1.807, 2.05) is 19.9 Å². The maximum atomic E-state index is 8.00. The van der Waals surface area contributed by atoms with Crippen LogP contribution in [0.15, 0.2) is 18.3 Å². The number of nitrogens with zero attached hydrogens (tertiary/aromatic N) is 1. The molecule has 0 aromatic carbocycles. The number of aliphatic hydroxyl groups excluding tert-OH is 1. The first kappa shape index (κ1) is 29.6. The normalized spacial score (nSPS) is 18.4. The Morgan fingerprint density at radius 2 is 1.83 bits per heavy atom. The molecular weight excluding hydrogens is 364 g/mol. The third-order valence-corrected chi connectivity index (χ3v) is 4.45. The van der Waals surface area contributed by atoms with Gasteiger partial charge in [-0.2, -0.15) is 0 Å². The van der Waals surface area contributed by atoms with Crippen LogP contribution >= 0.6 is 0 Å². The second-order valence-corrected chi connectivity index (χ2v) is 8.07. The summed E-state index contributed by atoms with van der Waals surface area (Å²) in [5.74, 6) is 0. The van der Waals surface area contributed by atoms with E-state index >= 15 is 0 Å². The van der Waals surface area contributed by atoms with E-state index in [2.05, 4.69) is 65.6 Å². The molecule has 2 atom stereocenters. The summed E-state index contributed by atoms with van der Waals surface area (Å²) in [4.78, 5) is 12.5. The third kappa shape index (κ3) is 9.20. The van der Waals surface area contributed by atoms with Gasteiger partial charge in [0.15, 0.2) is 0 Å². The highest BCUT2D eigenvalue weighted by Crippen LogP contribution is 2.43. The number of ether oxygens (including phenoxy) is 1. The molecular formula is C24H44N2O3. The Balaban J connectivity index is 0. The Hall–Kier alpha value is -1.56. The van der Waals surface area contributed by atoms with Crippen molar-refractivity contribution in [3.63, 3.8) is 0 Å². The minimum atomic E-state index is -0.362. The maximum Gasteiger partial charge on any atom is 0.106 e. The number of aliphatic hydroxyl groups is 1. The minimum Gasteiger partial charge on any atom is -0.400 e. The molecule has 5 nitrogen and oxygen atoms in total. The van der Waals surface area contributed by atoms with Crippen LogP contribution in [-0.4, -0.2) is 35.6 Å². The largest absolute Gasteiger partial charge is 0.400 e. The van der Waals surface area contributed by atoms with Crippen LogP contribution in [0.4, 0.5) is 0 Å². The van der Waals surface area contributed by atoms with Crippen molar-refractivity contribution in [1.82, 2.24) is 4.98 Å². The number of pyridine rings is 1. The van der Waals surface area contributed by atoms with Crippen LogP contribution in [0.2, 0.25) is 0 Å². The molecule has 2 rings (SSSR count). The summed E-state index contributed by atoms with van der Waals surface area (Å²) in [7, 11) is 1.00. The van der Waals surface area contributed by atoms with Crippen molar-refractivity contribution in [3.8, 4) is 0 Å². The van der Waals surface area contributed by atoms with E-state index in [9.17, 15) is 0 Å². The Morgan fingerprint density at radius 1 is 1.31 bits per heavy atom. The van der Waals surface area contributed by atoms with Crippen molar-refractivity contribution >= 4 is 12.4 Å². The number of fused-ring (bicyclic) bond motifs is 1. The van der Waals surface area contributed by atoms with Gasteiger partial charge in [0.25, 0.3) is 0 Å². The van der Waals surface area contributed by atoms with Gasteiger partial charge in [-0.3, -0.25) is 4.98 Å². The van der Waals surface area contributed by atoms with E-state index < -0.39 is 0 Å². The monoisotopic (exact) mass is 408 g/mol. The van der Waals surface area contributed by atoms with Gasteiger partial charge in [0.1, 0.15) is 6.79 Å². The number of aromatic nitrogens is 1. The lowest BCUT2D eigenvalue weighted by Gasteiger charge is -2.40. The molecule has 1 heterocycles. The molecule has 1 aromatic heterocycles. The second kappa shape index (κ2) is 14.4. The highest BCUT2D eigenvalue weighted by Gasteiger charge is 2.37. The van der Waals surface area contributed by atoms with Crippen molar-refractivity contribution in [2.45, 2.75) is 98.3 Å². The Kier molecular flexibility index (Phi) is 14.7. The van der Waals surface area contributed by atoms with E-state index in [0.717, 1.165) is 37.6 Å². The summed E-state index contributed by atoms with van der Waals surface area (Å²) in [6.45, 7) is 18.9. The molecule has 2 unspecified atom stereocenters. The van der Waals surface area contributed by atoms with E-state index in [1.54, 1.807) is 0 Å². The molecule has 0 radical (unpaired) electrons. The fourth-order valence-corrected chi connectivity index (χ4v) is 3.35. The smallest absolute Gasteiger partial charge is 0.106 e. The summed E-state index contributed by atoms with van der Waals surface area (Å²) in [6.07, 6.45) is 8.76. The molecule has 1 aromatic rings. The predicted molar refractivity (Wildman–Crippen MR) is 124 cm³/mol. The standard InChI is InChI=1S/C19H30N2O.C3H8.CH4O.CH2O/c1-7-8-14(3)22-19(6)10-9-16(18(4,5)20)15-11-13(2)21-12-17(15)19;1-3-2;2*1-2/h9,11-12,14H,7-8,10,20H2,1-6H3;3H2,1-2H3;2H,1H3;1H2. The van der Waals surface area contributed by atoms with Crippen LogP contribution < -0.4 is 5.73 Å². The van der Waals surface area contributed by atoms with Gasteiger partial charge in [-0.05, 0) is 64.7 Å². The fraction of sp³-hybridized carbons (Fsp3) is 0.667. The summed E-state index contributed by atoms with van der Waals surface area (Å²) in [6, 6.07) is 2.14. The molecule has 0 saturated heterocycles. The molecule has 0 spiro atoms. The van der Waals surface area contributed by atoms with Crippen LogP contribution in [0.3, 0.4) is 0 Å². The predicted octanol–water partition coefficient (Wildman–Crippen LogP) is 5.17. The first-order chi connectivity index (χ1) is 13.6. The molecule has 29 heavy (non-hydrogen) atoms. The van der Waals surface area contributed by atoms with Crippen molar-refractivity contribution < 1.29 is 14.6 Å². The second-order valence-electron chi connectivity index (χ2n) is 8.07. The molecule has 0 amide bonds. The Labute approximate surface area is 178 Å². The molecule has 0 bridgehead atoms. The zero-order valence-corrected chi connectivity index (χ0v) is 20.1. The molecule has 3 N–H and O–H groups in total. The van der Waals surface area contributed by atoms with Crippen LogP contribution in [0.25, 0.3) is 5.57 Å². The maximum absolute atomic E-state index is 8.00. The summed E-state index contributed by atoms with van der Waals surface area (Å²) in [5.41, 5.74) is 10.3. The lowest BCUT2D eigenvalue weighted by molar-refractivity contribution is -0.0980. The summed E-state index contributed by atoms with van der Waals surface area (Å²) < 4.78 is 6.42. The SMILES string of the molecule is C=O.CCC.CCCC(C)OC1(C)CC=C(C(C)(C)N)c2cc(C)ncc21.CO. The van der Waals surface area contributed by atoms with Crippen LogP contribution in [-0.2, 0) is 15.1 Å². The van der Waals surface area contributed by atoms with Gasteiger partial charge >= 0.3 is 0 Å². The lowest BCUT2D eigenvalue weighted by Crippen LogP contribution is -2.39. The van der Waals surface area contributed by atoms with Crippen LogP contribution in [0, 0.1) is 6.92 Å². The molecule has 0 saturated carbocycles. The molecule has 0 fully saturated rings. The quantitative estimate of drug-likeness (QED) is 0.701. The van der Waals surface area contributed by atoms with E-state index in [1.165, 1.54) is 17.6 Å². The minimum absolute atomic E-state index is 0.241. The highest BCUT2D eigenvalue weighted by molar-refractivity contribution is 5.77. The third-order valence-electron chi connectivity index (χ3n) is 4.45. The summed E-state index contributed by atoms with van der Waals surface area (Å²) >= 11 is 0. The number of carbonyl (C=O) groups excluding carboxylic acids is 1. The highest BCUT2D eigenvalue weighted by atomic mass is 16.5. The van der Waals surface area contributed by atoms with E-state index in [4.69, 9.17) is 20.4 Å². The molecule has 5 heteroatoms.